The molecule has 3 rings (SSSR count). The number of hydrogen-bond acceptors (Lipinski definition) is 6. The molecule has 7 nitrogen and oxygen atoms in total. The van der Waals surface area contributed by atoms with Crippen molar-refractivity contribution in [2.75, 3.05) is 13.7 Å². The molecule has 0 aliphatic heterocycles. The first-order valence-corrected chi connectivity index (χ1v) is 11.7. The fourth-order valence-corrected chi connectivity index (χ4v) is 4.41. The number of ether oxygens (including phenoxy) is 1. The van der Waals surface area contributed by atoms with Crippen molar-refractivity contribution in [3.8, 4) is 5.69 Å². The first-order chi connectivity index (χ1) is 15.4. The molecule has 0 fully saturated rings. The molecule has 0 saturated carbocycles. The Kier molecular flexibility index (Phi) is 8.16. The van der Waals surface area contributed by atoms with Gasteiger partial charge in [-0.15, -0.1) is 11.3 Å². The molecule has 0 radical (unpaired) electrons. The van der Waals surface area contributed by atoms with Crippen LogP contribution in [0.2, 0.25) is 0 Å². The zero-order valence-electron chi connectivity index (χ0n) is 19.1. The minimum absolute atomic E-state index is 0.0752. The normalized spacial score (nSPS) is 10.9. The van der Waals surface area contributed by atoms with E-state index >= 15 is 0 Å². The Labute approximate surface area is 192 Å². The number of nitrogens with zero attached hydrogens (tertiary/aromatic N) is 3. The topological polar surface area (TPSA) is 86.1 Å². The van der Waals surface area contributed by atoms with E-state index in [9.17, 15) is 9.59 Å². The van der Waals surface area contributed by atoms with Gasteiger partial charge in [-0.3, -0.25) is 9.59 Å². The van der Waals surface area contributed by atoms with Crippen molar-refractivity contribution in [2.24, 2.45) is 0 Å². The van der Waals surface area contributed by atoms with Gasteiger partial charge in [0.05, 0.1) is 23.5 Å². The lowest BCUT2D eigenvalue weighted by atomic mass is 10.1. The summed E-state index contributed by atoms with van der Waals surface area (Å²) >= 11 is 1.69. The number of aromatic nitrogens is 3. The monoisotopic (exact) mass is 454 g/mol. The van der Waals surface area contributed by atoms with Crippen molar-refractivity contribution in [3.63, 3.8) is 0 Å². The first kappa shape index (κ1) is 23.7. The van der Waals surface area contributed by atoms with Crippen LogP contribution >= 0.6 is 11.3 Å². The summed E-state index contributed by atoms with van der Waals surface area (Å²) in [5.41, 5.74) is 5.49. The molecule has 0 bridgehead atoms. The molecule has 1 N–H and O–H groups in total. The highest BCUT2D eigenvalue weighted by Crippen LogP contribution is 2.20. The molecule has 170 valence electrons. The van der Waals surface area contributed by atoms with Gasteiger partial charge in [-0.05, 0) is 76.3 Å². The number of carbonyl (C=O) groups excluding carboxylic acids is 2. The van der Waals surface area contributed by atoms with E-state index in [0.717, 1.165) is 52.6 Å². The summed E-state index contributed by atoms with van der Waals surface area (Å²) in [6.07, 6.45) is 3.79. The highest BCUT2D eigenvalue weighted by atomic mass is 32.1. The van der Waals surface area contributed by atoms with Gasteiger partial charge in [0, 0.05) is 35.3 Å². The second-order valence-corrected chi connectivity index (χ2v) is 8.72. The molecule has 1 amide bonds. The summed E-state index contributed by atoms with van der Waals surface area (Å²) in [7, 11) is 1.40. The maximum Gasteiger partial charge on any atom is 0.305 e. The molecule has 2 aromatic heterocycles. The average Bonchev–Trinajstić information content (AvgIpc) is 3.33. The van der Waals surface area contributed by atoms with Gasteiger partial charge in [-0.2, -0.15) is 5.10 Å². The maximum absolute atomic E-state index is 12.4. The lowest BCUT2D eigenvalue weighted by Crippen LogP contribution is -2.24. The lowest BCUT2D eigenvalue weighted by molar-refractivity contribution is -0.140. The Balaban J connectivity index is 1.53. The number of carbonyl (C=O) groups is 2. The van der Waals surface area contributed by atoms with Crippen LogP contribution in [-0.2, 0) is 22.4 Å². The van der Waals surface area contributed by atoms with Crippen LogP contribution in [0.3, 0.4) is 0 Å². The molecular weight excluding hydrogens is 424 g/mol. The van der Waals surface area contributed by atoms with Crippen LogP contribution < -0.4 is 5.32 Å². The number of unbranched alkanes of at least 4 members (excludes halogenated alkanes) is 1. The Morgan fingerprint density at radius 3 is 2.50 bits per heavy atom. The first-order valence-electron chi connectivity index (χ1n) is 10.8. The molecule has 2 heterocycles. The van der Waals surface area contributed by atoms with Crippen LogP contribution in [0.15, 0.2) is 29.6 Å². The maximum atomic E-state index is 12.4. The summed E-state index contributed by atoms with van der Waals surface area (Å²) in [5, 5.41) is 10.8. The van der Waals surface area contributed by atoms with E-state index in [0.29, 0.717) is 24.9 Å². The van der Waals surface area contributed by atoms with Crippen LogP contribution in [-0.4, -0.2) is 40.3 Å². The number of thiazole rings is 1. The fraction of sp³-hybridized carbons (Fsp3) is 0.417. The molecule has 8 heteroatoms. The number of benzene rings is 1. The molecule has 0 saturated heterocycles. The zero-order valence-corrected chi connectivity index (χ0v) is 19.9. The lowest BCUT2D eigenvalue weighted by Gasteiger charge is -2.08. The fourth-order valence-electron chi connectivity index (χ4n) is 3.59. The minimum atomic E-state index is -0.231. The van der Waals surface area contributed by atoms with Gasteiger partial charge in [0.1, 0.15) is 0 Å². The molecular formula is C24H30N4O3S. The number of nitrogens with one attached hydrogen (secondary N) is 1. The van der Waals surface area contributed by atoms with E-state index in [1.54, 1.807) is 11.3 Å². The summed E-state index contributed by atoms with van der Waals surface area (Å²) in [6.45, 7) is 6.57. The van der Waals surface area contributed by atoms with Gasteiger partial charge in [0.15, 0.2) is 0 Å². The number of esters is 1. The van der Waals surface area contributed by atoms with Gasteiger partial charge in [-0.1, -0.05) is 0 Å². The highest BCUT2D eigenvalue weighted by molar-refractivity contribution is 7.09. The molecule has 0 atom stereocenters. The molecule has 32 heavy (non-hydrogen) atoms. The van der Waals surface area contributed by atoms with Crippen molar-refractivity contribution in [1.29, 1.82) is 0 Å². The number of hydrogen-bond donors (Lipinski definition) is 1. The Morgan fingerprint density at radius 1 is 1.09 bits per heavy atom. The predicted molar refractivity (Wildman–Crippen MR) is 125 cm³/mol. The van der Waals surface area contributed by atoms with Crippen molar-refractivity contribution in [1.82, 2.24) is 20.1 Å². The molecule has 3 aromatic rings. The van der Waals surface area contributed by atoms with E-state index in [-0.39, 0.29) is 11.9 Å². The standard InChI is InChI=1S/C24H30N4O3S/c1-16-15-32-22(26-16)7-5-6-14-25-24(30)19-8-10-20(11-9-19)28-18(3)21(17(2)27-28)12-13-23(29)31-4/h8-11,15H,5-7,12-14H2,1-4H3,(H,25,30). The van der Waals surface area contributed by atoms with Gasteiger partial charge < -0.3 is 10.1 Å². The van der Waals surface area contributed by atoms with E-state index in [2.05, 4.69) is 20.8 Å². The Hall–Kier alpha value is -3.00. The number of amides is 1. The minimum Gasteiger partial charge on any atom is -0.469 e. The number of rotatable bonds is 10. The second-order valence-electron chi connectivity index (χ2n) is 7.78. The molecule has 1 aromatic carbocycles. The average molecular weight is 455 g/mol. The number of aryl methyl sites for hydroxylation is 3. The van der Waals surface area contributed by atoms with Gasteiger partial charge >= 0.3 is 5.97 Å². The summed E-state index contributed by atoms with van der Waals surface area (Å²) in [6, 6.07) is 7.41. The van der Waals surface area contributed by atoms with Gasteiger partial charge in [-0.25, -0.2) is 9.67 Å². The van der Waals surface area contributed by atoms with Crippen molar-refractivity contribution in [3.05, 3.63) is 62.9 Å². The Bertz CT molecular complexity index is 1070. The van der Waals surface area contributed by atoms with E-state index in [1.807, 2.05) is 49.7 Å². The summed E-state index contributed by atoms with van der Waals surface area (Å²) < 4.78 is 6.59. The van der Waals surface area contributed by atoms with Gasteiger partial charge in [0.25, 0.3) is 5.91 Å². The van der Waals surface area contributed by atoms with Gasteiger partial charge in [0.2, 0.25) is 0 Å². The molecule has 0 aliphatic carbocycles. The quantitative estimate of drug-likeness (QED) is 0.368. The predicted octanol–water partition coefficient (Wildman–Crippen LogP) is 4.11. The Morgan fingerprint density at radius 2 is 1.84 bits per heavy atom. The van der Waals surface area contributed by atoms with Crippen LogP contribution in [0.4, 0.5) is 0 Å². The largest absolute Gasteiger partial charge is 0.469 e. The van der Waals surface area contributed by atoms with Crippen LogP contribution in [0, 0.1) is 20.8 Å². The van der Waals surface area contributed by atoms with Crippen LogP contribution in [0.5, 0.6) is 0 Å². The van der Waals surface area contributed by atoms with Crippen molar-refractivity contribution in [2.45, 2.75) is 52.9 Å². The smallest absolute Gasteiger partial charge is 0.305 e. The van der Waals surface area contributed by atoms with E-state index < -0.39 is 0 Å². The van der Waals surface area contributed by atoms with Crippen molar-refractivity contribution < 1.29 is 14.3 Å². The second kappa shape index (κ2) is 11.0. The molecule has 0 spiro atoms. The zero-order chi connectivity index (χ0) is 23.1. The van der Waals surface area contributed by atoms with Crippen LogP contribution in [0.25, 0.3) is 5.69 Å². The molecule has 0 unspecified atom stereocenters. The SMILES string of the molecule is COC(=O)CCc1c(C)nn(-c2ccc(C(=O)NCCCCc3nc(C)cs3)cc2)c1C. The van der Waals surface area contributed by atoms with Crippen molar-refractivity contribution >= 4 is 23.2 Å². The molecule has 0 aliphatic rings. The third-order valence-electron chi connectivity index (χ3n) is 5.39. The third-order valence-corrected chi connectivity index (χ3v) is 6.42. The third kappa shape index (κ3) is 6.03. The highest BCUT2D eigenvalue weighted by Gasteiger charge is 2.15. The van der Waals surface area contributed by atoms with E-state index in [4.69, 9.17) is 4.74 Å². The number of methoxy groups -OCH3 is 1. The van der Waals surface area contributed by atoms with Crippen LogP contribution in [0.1, 0.15) is 57.3 Å². The summed E-state index contributed by atoms with van der Waals surface area (Å²) in [4.78, 5) is 28.4. The van der Waals surface area contributed by atoms with E-state index in [1.165, 1.54) is 7.11 Å². The summed E-state index contributed by atoms with van der Waals surface area (Å²) in [5.74, 6) is -0.307.